The van der Waals surface area contributed by atoms with Gasteiger partial charge in [0.25, 0.3) is 10.0 Å². The lowest BCUT2D eigenvalue weighted by Crippen LogP contribution is -2.40. The number of nitrogens with one attached hydrogen (secondary N) is 1. The summed E-state index contributed by atoms with van der Waals surface area (Å²) in [7, 11) is -1.03. The van der Waals surface area contributed by atoms with Crippen molar-refractivity contribution in [1.82, 2.24) is 5.32 Å². The summed E-state index contributed by atoms with van der Waals surface area (Å²) >= 11 is 6.22. The van der Waals surface area contributed by atoms with E-state index >= 15 is 0 Å². The van der Waals surface area contributed by atoms with Crippen LogP contribution in [0.2, 0.25) is 5.02 Å². The summed E-state index contributed by atoms with van der Waals surface area (Å²) in [6.07, 6.45) is 0. The van der Waals surface area contributed by atoms with Crippen LogP contribution in [0.15, 0.2) is 77.7 Å². The Hall–Kier alpha value is -3.23. The first-order chi connectivity index (χ1) is 15.4. The number of ether oxygens (including phenoxy) is 2. The Labute approximate surface area is 192 Å². The van der Waals surface area contributed by atoms with Crippen molar-refractivity contribution in [3.05, 3.63) is 83.4 Å². The zero-order chi connectivity index (χ0) is 23.1. The van der Waals surface area contributed by atoms with Crippen molar-refractivity contribution < 1.29 is 22.7 Å². The average molecular weight is 475 g/mol. The number of carbonyl (C=O) groups excluding carboxylic acids is 1. The van der Waals surface area contributed by atoms with Gasteiger partial charge in [-0.05, 0) is 36.4 Å². The van der Waals surface area contributed by atoms with Crippen LogP contribution < -0.4 is 19.1 Å². The topological polar surface area (TPSA) is 84.9 Å². The standard InChI is InChI=1S/C23H23ClN2O5S/c1-30-21-11-7-6-8-17(21)15-25-23(27)16-26(18-12-13-22(31-2)20(24)14-18)32(28,29)19-9-4-3-5-10-19/h3-14H,15-16H2,1-2H3,(H,25,27). The maximum atomic E-state index is 13.4. The monoisotopic (exact) mass is 474 g/mol. The minimum Gasteiger partial charge on any atom is -0.496 e. The van der Waals surface area contributed by atoms with Crippen molar-refractivity contribution in [3.63, 3.8) is 0 Å². The molecule has 1 amide bonds. The molecule has 1 N–H and O–H groups in total. The number of nitrogens with zero attached hydrogens (tertiary/aromatic N) is 1. The second-order valence-corrected chi connectivity index (χ2v) is 9.00. The molecule has 168 valence electrons. The molecule has 0 aliphatic heterocycles. The van der Waals surface area contributed by atoms with Crippen LogP contribution in [-0.2, 0) is 21.4 Å². The van der Waals surface area contributed by atoms with Gasteiger partial charge in [-0.25, -0.2) is 8.42 Å². The first-order valence-corrected chi connectivity index (χ1v) is 11.5. The molecule has 0 aliphatic carbocycles. The Morgan fingerprint density at radius 2 is 1.59 bits per heavy atom. The highest BCUT2D eigenvalue weighted by atomic mass is 35.5. The third-order valence-corrected chi connectivity index (χ3v) is 6.79. The number of hydrogen-bond donors (Lipinski definition) is 1. The minimum atomic E-state index is -4.03. The fourth-order valence-corrected chi connectivity index (χ4v) is 4.76. The third-order valence-electron chi connectivity index (χ3n) is 4.71. The number of rotatable bonds is 9. The first-order valence-electron chi connectivity index (χ1n) is 9.66. The Balaban J connectivity index is 1.89. The largest absolute Gasteiger partial charge is 0.496 e. The van der Waals surface area contributed by atoms with Crippen LogP contribution in [-0.4, -0.2) is 35.1 Å². The van der Waals surface area contributed by atoms with Gasteiger partial charge in [0.05, 0.1) is 29.8 Å². The Morgan fingerprint density at radius 3 is 2.25 bits per heavy atom. The molecule has 0 saturated carbocycles. The molecule has 32 heavy (non-hydrogen) atoms. The summed E-state index contributed by atoms with van der Waals surface area (Å²) in [5, 5.41) is 2.98. The minimum absolute atomic E-state index is 0.0597. The molecule has 0 fully saturated rings. The van der Waals surface area contributed by atoms with Gasteiger partial charge in [0.15, 0.2) is 0 Å². The number of benzene rings is 3. The summed E-state index contributed by atoms with van der Waals surface area (Å²) < 4.78 is 38.2. The molecule has 0 heterocycles. The number of para-hydroxylation sites is 1. The zero-order valence-electron chi connectivity index (χ0n) is 17.6. The second-order valence-electron chi connectivity index (χ2n) is 6.73. The number of amides is 1. The number of anilines is 1. The van der Waals surface area contributed by atoms with Gasteiger partial charge in [-0.3, -0.25) is 9.10 Å². The van der Waals surface area contributed by atoms with Crippen molar-refractivity contribution in [1.29, 1.82) is 0 Å². The van der Waals surface area contributed by atoms with Crippen molar-refractivity contribution in [2.75, 3.05) is 25.1 Å². The van der Waals surface area contributed by atoms with Crippen molar-refractivity contribution in [2.24, 2.45) is 0 Å². The zero-order valence-corrected chi connectivity index (χ0v) is 19.2. The van der Waals surface area contributed by atoms with E-state index in [0.29, 0.717) is 11.5 Å². The highest BCUT2D eigenvalue weighted by Gasteiger charge is 2.27. The van der Waals surface area contributed by atoms with E-state index in [2.05, 4.69) is 5.32 Å². The van der Waals surface area contributed by atoms with Crippen LogP contribution in [0, 0.1) is 0 Å². The molecule has 0 unspecified atom stereocenters. The quantitative estimate of drug-likeness (QED) is 0.509. The maximum absolute atomic E-state index is 13.4. The lowest BCUT2D eigenvalue weighted by atomic mass is 10.2. The lowest BCUT2D eigenvalue weighted by Gasteiger charge is -2.24. The summed E-state index contributed by atoms with van der Waals surface area (Å²) in [5.41, 5.74) is 1.01. The van der Waals surface area contributed by atoms with Crippen molar-refractivity contribution >= 4 is 33.2 Å². The van der Waals surface area contributed by atoms with Gasteiger partial charge in [0.2, 0.25) is 5.91 Å². The number of halogens is 1. The van der Waals surface area contributed by atoms with Crippen LogP contribution in [0.25, 0.3) is 0 Å². The predicted molar refractivity (Wildman–Crippen MR) is 124 cm³/mol. The highest BCUT2D eigenvalue weighted by Crippen LogP contribution is 2.31. The van der Waals surface area contributed by atoms with E-state index in [1.807, 2.05) is 18.2 Å². The number of hydrogen-bond acceptors (Lipinski definition) is 5. The fraction of sp³-hybridized carbons (Fsp3) is 0.174. The molecule has 0 atom stereocenters. The first kappa shape index (κ1) is 23.4. The van der Waals surface area contributed by atoms with E-state index in [0.717, 1.165) is 9.87 Å². The van der Waals surface area contributed by atoms with Gasteiger partial charge in [0, 0.05) is 12.1 Å². The molecule has 0 radical (unpaired) electrons. The van der Waals surface area contributed by atoms with Gasteiger partial charge in [-0.1, -0.05) is 48.0 Å². The smallest absolute Gasteiger partial charge is 0.264 e. The SMILES string of the molecule is COc1ccc(N(CC(=O)NCc2ccccc2OC)S(=O)(=O)c2ccccc2)cc1Cl. The Morgan fingerprint density at radius 1 is 0.938 bits per heavy atom. The van der Waals surface area contributed by atoms with Crippen LogP contribution in [0.3, 0.4) is 0 Å². The Kier molecular flexibility index (Phi) is 7.61. The third kappa shape index (κ3) is 5.33. The van der Waals surface area contributed by atoms with Crippen molar-refractivity contribution in [3.8, 4) is 11.5 Å². The molecule has 0 aliphatic rings. The predicted octanol–water partition coefficient (Wildman–Crippen LogP) is 3.87. The van der Waals surface area contributed by atoms with Crippen LogP contribution >= 0.6 is 11.6 Å². The van der Waals surface area contributed by atoms with E-state index < -0.39 is 22.5 Å². The van der Waals surface area contributed by atoms with Gasteiger partial charge in [-0.2, -0.15) is 0 Å². The number of carbonyl (C=O) groups is 1. The van der Waals surface area contributed by atoms with E-state index in [4.69, 9.17) is 21.1 Å². The van der Waals surface area contributed by atoms with E-state index in [1.165, 1.54) is 25.3 Å². The van der Waals surface area contributed by atoms with E-state index in [-0.39, 0.29) is 22.2 Å². The number of methoxy groups -OCH3 is 2. The van der Waals surface area contributed by atoms with Gasteiger partial charge >= 0.3 is 0 Å². The lowest BCUT2D eigenvalue weighted by molar-refractivity contribution is -0.119. The summed E-state index contributed by atoms with van der Waals surface area (Å²) in [6.45, 7) is -0.250. The second kappa shape index (κ2) is 10.4. The molecule has 9 heteroatoms. The molecular weight excluding hydrogens is 452 g/mol. The highest BCUT2D eigenvalue weighted by molar-refractivity contribution is 7.92. The number of sulfonamides is 1. The summed E-state index contributed by atoms with van der Waals surface area (Å²) in [6, 6.07) is 19.7. The van der Waals surface area contributed by atoms with E-state index in [9.17, 15) is 13.2 Å². The molecule has 7 nitrogen and oxygen atoms in total. The molecule has 3 aromatic carbocycles. The summed E-state index contributed by atoms with van der Waals surface area (Å²) in [5.74, 6) is 0.541. The molecule has 3 rings (SSSR count). The normalized spacial score (nSPS) is 11.0. The molecule has 3 aromatic rings. The maximum Gasteiger partial charge on any atom is 0.264 e. The Bertz CT molecular complexity index is 1190. The molecule has 0 bridgehead atoms. The summed E-state index contributed by atoms with van der Waals surface area (Å²) in [4.78, 5) is 12.8. The molecule has 0 aromatic heterocycles. The molecular formula is C23H23ClN2O5S. The molecule has 0 saturated heterocycles. The van der Waals surface area contributed by atoms with Crippen LogP contribution in [0.4, 0.5) is 5.69 Å². The average Bonchev–Trinajstić information content (AvgIpc) is 2.81. The van der Waals surface area contributed by atoms with Crippen LogP contribution in [0.1, 0.15) is 5.56 Å². The van der Waals surface area contributed by atoms with Crippen molar-refractivity contribution in [2.45, 2.75) is 11.4 Å². The van der Waals surface area contributed by atoms with E-state index in [1.54, 1.807) is 43.5 Å². The van der Waals surface area contributed by atoms with Gasteiger partial charge in [-0.15, -0.1) is 0 Å². The van der Waals surface area contributed by atoms with Crippen LogP contribution in [0.5, 0.6) is 11.5 Å². The van der Waals surface area contributed by atoms with Gasteiger partial charge in [0.1, 0.15) is 18.0 Å². The molecule has 0 spiro atoms. The van der Waals surface area contributed by atoms with Gasteiger partial charge < -0.3 is 14.8 Å². The fourth-order valence-electron chi connectivity index (χ4n) is 3.07.